The van der Waals surface area contributed by atoms with Gasteiger partial charge in [0.15, 0.2) is 0 Å². The zero-order valence-electron chi connectivity index (χ0n) is 15.5. The second kappa shape index (κ2) is 7.49. The second-order valence-electron chi connectivity index (χ2n) is 6.80. The van der Waals surface area contributed by atoms with Crippen LogP contribution in [-0.2, 0) is 0 Å². The number of hydrogen-bond acceptors (Lipinski definition) is 2. The van der Waals surface area contributed by atoms with Gasteiger partial charge in [0.2, 0.25) is 0 Å². The minimum Gasteiger partial charge on any atom is -0.258 e. The third-order valence-electron chi connectivity index (χ3n) is 4.88. The predicted molar refractivity (Wildman–Crippen MR) is 114 cm³/mol. The van der Waals surface area contributed by atoms with Crippen molar-refractivity contribution in [3.05, 3.63) is 113 Å². The van der Waals surface area contributed by atoms with Crippen LogP contribution in [0.5, 0.6) is 0 Å². The van der Waals surface area contributed by atoms with Crippen LogP contribution in [0.1, 0.15) is 5.56 Å². The van der Waals surface area contributed by atoms with E-state index in [9.17, 15) is 10.1 Å². The van der Waals surface area contributed by atoms with E-state index in [-0.39, 0.29) is 10.6 Å². The summed E-state index contributed by atoms with van der Waals surface area (Å²) in [7, 11) is 0. The van der Waals surface area contributed by atoms with Gasteiger partial charge in [0.25, 0.3) is 5.69 Å². The number of nitro groups is 1. The van der Waals surface area contributed by atoms with Crippen LogP contribution in [-0.4, -0.2) is 4.92 Å². The Labute approximate surface area is 164 Å². The Morgan fingerprint density at radius 1 is 0.607 bits per heavy atom. The lowest BCUT2D eigenvalue weighted by atomic mass is 9.96. The van der Waals surface area contributed by atoms with Gasteiger partial charge in [-0.1, -0.05) is 90.5 Å². The van der Waals surface area contributed by atoms with Gasteiger partial charge in [0.05, 0.1) is 10.5 Å². The molecule has 0 radical (unpaired) electrons. The Morgan fingerprint density at radius 3 is 1.75 bits per heavy atom. The lowest BCUT2D eigenvalue weighted by Gasteiger charge is -2.08. The highest BCUT2D eigenvalue weighted by atomic mass is 16.6. The third kappa shape index (κ3) is 3.55. The summed E-state index contributed by atoms with van der Waals surface area (Å²) in [6.45, 7) is 2.02. The molecule has 0 aliphatic rings. The number of rotatable bonds is 4. The van der Waals surface area contributed by atoms with Crippen molar-refractivity contribution in [2.45, 2.75) is 6.92 Å². The van der Waals surface area contributed by atoms with Gasteiger partial charge in [-0.3, -0.25) is 10.1 Å². The normalized spacial score (nSPS) is 10.6. The van der Waals surface area contributed by atoms with Crippen LogP contribution in [0.3, 0.4) is 0 Å². The molecule has 28 heavy (non-hydrogen) atoms. The largest absolute Gasteiger partial charge is 0.277 e. The summed E-state index contributed by atoms with van der Waals surface area (Å²) in [5, 5.41) is 11.7. The number of aryl methyl sites for hydroxylation is 1. The predicted octanol–water partition coefficient (Wildman–Crippen LogP) is 6.90. The minimum absolute atomic E-state index is 0.116. The first kappa shape index (κ1) is 17.7. The first-order valence-electron chi connectivity index (χ1n) is 9.13. The molecule has 3 heteroatoms. The van der Waals surface area contributed by atoms with Crippen LogP contribution in [0.2, 0.25) is 0 Å². The van der Waals surface area contributed by atoms with Gasteiger partial charge in [-0.25, -0.2) is 0 Å². The van der Waals surface area contributed by atoms with Gasteiger partial charge >= 0.3 is 0 Å². The molecule has 3 nitrogen and oxygen atoms in total. The molecule has 0 saturated carbocycles. The first-order valence-corrected chi connectivity index (χ1v) is 9.13. The van der Waals surface area contributed by atoms with Crippen LogP contribution < -0.4 is 0 Å². The van der Waals surface area contributed by atoms with Gasteiger partial charge in [0, 0.05) is 6.07 Å². The van der Waals surface area contributed by atoms with Gasteiger partial charge in [-0.2, -0.15) is 0 Å². The minimum atomic E-state index is -0.307. The van der Waals surface area contributed by atoms with Crippen molar-refractivity contribution in [3.8, 4) is 33.4 Å². The molecule has 0 aromatic heterocycles. The second-order valence-corrected chi connectivity index (χ2v) is 6.80. The molecule has 0 fully saturated rings. The number of nitro benzene ring substituents is 1. The molecule has 0 aliphatic heterocycles. The van der Waals surface area contributed by atoms with Crippen molar-refractivity contribution in [3.63, 3.8) is 0 Å². The van der Waals surface area contributed by atoms with E-state index in [1.54, 1.807) is 6.07 Å². The summed E-state index contributed by atoms with van der Waals surface area (Å²) in [6.07, 6.45) is 0. The maximum absolute atomic E-state index is 11.7. The molecule has 0 heterocycles. The SMILES string of the molecule is Cc1ccc(-c2ccc(-c3ccc(-c4ccccc4)cc3)c([N+](=O)[O-])c2)cc1. The molecule has 4 aromatic carbocycles. The Balaban J connectivity index is 1.73. The van der Waals surface area contributed by atoms with Crippen molar-refractivity contribution in [1.82, 2.24) is 0 Å². The van der Waals surface area contributed by atoms with Crippen LogP contribution in [0, 0.1) is 17.0 Å². The van der Waals surface area contributed by atoms with Crippen molar-refractivity contribution >= 4 is 5.69 Å². The number of nitrogens with zero attached hydrogens (tertiary/aromatic N) is 1. The van der Waals surface area contributed by atoms with Crippen LogP contribution in [0.4, 0.5) is 5.69 Å². The summed E-state index contributed by atoms with van der Waals surface area (Å²) in [4.78, 5) is 11.4. The maximum Gasteiger partial charge on any atom is 0.277 e. The molecule has 0 bridgehead atoms. The Bertz CT molecular complexity index is 1120. The average molecular weight is 365 g/mol. The van der Waals surface area contributed by atoms with Gasteiger partial charge in [-0.15, -0.1) is 0 Å². The molecule has 4 aromatic rings. The van der Waals surface area contributed by atoms with Crippen molar-refractivity contribution in [2.24, 2.45) is 0 Å². The van der Waals surface area contributed by atoms with E-state index >= 15 is 0 Å². The van der Waals surface area contributed by atoms with Crippen molar-refractivity contribution in [1.29, 1.82) is 0 Å². The molecule has 0 N–H and O–H groups in total. The molecular formula is C25H19NO2. The van der Waals surface area contributed by atoms with Crippen LogP contribution in [0.15, 0.2) is 97.1 Å². The topological polar surface area (TPSA) is 43.1 Å². The van der Waals surface area contributed by atoms with Gasteiger partial charge in [-0.05, 0) is 40.8 Å². The highest BCUT2D eigenvalue weighted by Crippen LogP contribution is 2.35. The lowest BCUT2D eigenvalue weighted by Crippen LogP contribution is -1.93. The summed E-state index contributed by atoms with van der Waals surface area (Å²) in [5.41, 5.74) is 6.76. The fourth-order valence-corrected chi connectivity index (χ4v) is 3.33. The van der Waals surface area contributed by atoms with Gasteiger partial charge < -0.3 is 0 Å². The van der Waals surface area contributed by atoms with Crippen molar-refractivity contribution in [2.75, 3.05) is 0 Å². The van der Waals surface area contributed by atoms with E-state index in [1.807, 2.05) is 97.9 Å². The number of hydrogen-bond donors (Lipinski definition) is 0. The van der Waals surface area contributed by atoms with Gasteiger partial charge in [0.1, 0.15) is 0 Å². The molecular weight excluding hydrogens is 346 g/mol. The van der Waals surface area contributed by atoms with E-state index in [2.05, 4.69) is 0 Å². The van der Waals surface area contributed by atoms with E-state index in [0.29, 0.717) is 5.56 Å². The summed E-state index contributed by atoms with van der Waals surface area (Å²) in [5.74, 6) is 0. The summed E-state index contributed by atoms with van der Waals surface area (Å²) >= 11 is 0. The summed E-state index contributed by atoms with van der Waals surface area (Å²) in [6, 6.07) is 31.4. The molecule has 0 saturated heterocycles. The molecule has 0 amide bonds. The Hall–Kier alpha value is -3.72. The third-order valence-corrected chi connectivity index (χ3v) is 4.88. The maximum atomic E-state index is 11.7. The fraction of sp³-hybridized carbons (Fsp3) is 0.0400. The standard InChI is InChI=1S/C25H19NO2/c1-18-7-9-21(10-8-18)23-15-16-24(25(17-23)26(27)28)22-13-11-20(12-14-22)19-5-3-2-4-6-19/h2-17H,1H3. The van der Waals surface area contributed by atoms with E-state index in [4.69, 9.17) is 0 Å². The van der Waals surface area contributed by atoms with Crippen LogP contribution >= 0.6 is 0 Å². The highest BCUT2D eigenvalue weighted by Gasteiger charge is 2.17. The van der Waals surface area contributed by atoms with E-state index in [0.717, 1.165) is 33.4 Å². The zero-order chi connectivity index (χ0) is 19.5. The lowest BCUT2D eigenvalue weighted by molar-refractivity contribution is -0.384. The smallest absolute Gasteiger partial charge is 0.258 e. The average Bonchev–Trinajstić information content (AvgIpc) is 2.74. The molecule has 136 valence electrons. The van der Waals surface area contributed by atoms with E-state index in [1.165, 1.54) is 0 Å². The Morgan fingerprint density at radius 2 is 1.11 bits per heavy atom. The molecule has 0 unspecified atom stereocenters. The highest BCUT2D eigenvalue weighted by molar-refractivity contribution is 5.80. The molecule has 4 rings (SSSR count). The fourth-order valence-electron chi connectivity index (χ4n) is 3.33. The monoisotopic (exact) mass is 365 g/mol. The quantitative estimate of drug-likeness (QED) is 0.291. The molecule has 0 aliphatic carbocycles. The Kier molecular flexibility index (Phi) is 4.73. The molecule has 0 spiro atoms. The molecule has 0 atom stereocenters. The first-order chi connectivity index (χ1) is 13.6. The summed E-state index contributed by atoms with van der Waals surface area (Å²) < 4.78 is 0. The van der Waals surface area contributed by atoms with Crippen LogP contribution in [0.25, 0.3) is 33.4 Å². The van der Waals surface area contributed by atoms with E-state index < -0.39 is 0 Å². The zero-order valence-corrected chi connectivity index (χ0v) is 15.5. The van der Waals surface area contributed by atoms with Crippen molar-refractivity contribution < 1.29 is 4.92 Å². The number of benzene rings is 4.